The quantitative estimate of drug-likeness (QED) is 0.311. The standard InChI is InChI=1S/C27H37NO3/c1-3-4-5-6-7-8-9-10-11-12-13-22-15-17-23(18-16-22)26(29)28-25-20-21(2)14-19-24(25)27(30)31/h14-20H,3-13H2,1-2H3,(H,28,29)(H,30,31). The minimum Gasteiger partial charge on any atom is -0.478 e. The molecule has 0 heterocycles. The first-order chi connectivity index (χ1) is 15.0. The monoisotopic (exact) mass is 423 g/mol. The van der Waals surface area contributed by atoms with Crippen molar-refractivity contribution in [3.63, 3.8) is 0 Å². The van der Waals surface area contributed by atoms with Crippen LogP contribution in [0.1, 0.15) is 103 Å². The fourth-order valence-electron chi connectivity index (χ4n) is 3.78. The van der Waals surface area contributed by atoms with Crippen LogP contribution in [0.2, 0.25) is 0 Å². The zero-order valence-electron chi connectivity index (χ0n) is 19.1. The van der Waals surface area contributed by atoms with E-state index in [-0.39, 0.29) is 11.5 Å². The lowest BCUT2D eigenvalue weighted by atomic mass is 10.0. The van der Waals surface area contributed by atoms with Crippen molar-refractivity contribution in [1.82, 2.24) is 0 Å². The molecule has 31 heavy (non-hydrogen) atoms. The number of benzene rings is 2. The van der Waals surface area contributed by atoms with E-state index in [9.17, 15) is 14.7 Å². The van der Waals surface area contributed by atoms with Crippen LogP contribution in [0.3, 0.4) is 0 Å². The van der Waals surface area contributed by atoms with E-state index in [1.54, 1.807) is 12.1 Å². The van der Waals surface area contributed by atoms with E-state index in [1.165, 1.54) is 75.8 Å². The summed E-state index contributed by atoms with van der Waals surface area (Å²) in [5, 5.41) is 12.1. The molecule has 0 saturated heterocycles. The Hall–Kier alpha value is -2.62. The first kappa shape index (κ1) is 24.6. The molecule has 0 unspecified atom stereocenters. The number of carboxylic acid groups (broad SMARTS) is 1. The lowest BCUT2D eigenvalue weighted by Gasteiger charge is -2.10. The van der Waals surface area contributed by atoms with Crippen LogP contribution in [0.25, 0.3) is 0 Å². The fourth-order valence-corrected chi connectivity index (χ4v) is 3.78. The molecular formula is C27H37NO3. The van der Waals surface area contributed by atoms with Crippen LogP contribution in [0, 0.1) is 6.92 Å². The number of aryl methyl sites for hydroxylation is 2. The molecule has 0 aromatic heterocycles. The molecule has 4 heteroatoms. The summed E-state index contributed by atoms with van der Waals surface area (Å²) in [5.41, 5.74) is 3.08. The number of carboxylic acids is 1. The van der Waals surface area contributed by atoms with E-state index in [0.717, 1.165) is 12.0 Å². The number of hydrogen-bond donors (Lipinski definition) is 2. The van der Waals surface area contributed by atoms with Crippen LogP contribution < -0.4 is 5.32 Å². The number of anilines is 1. The number of aromatic carboxylic acids is 1. The van der Waals surface area contributed by atoms with Gasteiger partial charge in [-0.1, -0.05) is 82.9 Å². The Bertz CT molecular complexity index is 827. The van der Waals surface area contributed by atoms with Crippen molar-refractivity contribution in [2.75, 3.05) is 5.32 Å². The summed E-state index contributed by atoms with van der Waals surface area (Å²) in [4.78, 5) is 23.9. The van der Waals surface area contributed by atoms with Gasteiger partial charge in [0.15, 0.2) is 0 Å². The van der Waals surface area contributed by atoms with Crippen LogP contribution in [-0.4, -0.2) is 17.0 Å². The first-order valence-electron chi connectivity index (χ1n) is 11.8. The summed E-state index contributed by atoms with van der Waals surface area (Å²) in [5.74, 6) is -1.35. The minimum atomic E-state index is -1.05. The molecule has 0 fully saturated rings. The molecule has 0 radical (unpaired) electrons. The zero-order chi connectivity index (χ0) is 22.5. The number of amides is 1. The summed E-state index contributed by atoms with van der Waals surface area (Å²) >= 11 is 0. The van der Waals surface area contributed by atoms with Crippen molar-refractivity contribution < 1.29 is 14.7 Å². The summed E-state index contributed by atoms with van der Waals surface area (Å²) in [6.07, 6.45) is 14.3. The van der Waals surface area contributed by atoms with E-state index in [1.807, 2.05) is 31.2 Å². The van der Waals surface area contributed by atoms with Crippen molar-refractivity contribution in [3.05, 3.63) is 64.7 Å². The third kappa shape index (κ3) is 8.95. The average Bonchev–Trinajstić information content (AvgIpc) is 2.75. The van der Waals surface area contributed by atoms with Crippen LogP contribution in [0.4, 0.5) is 5.69 Å². The van der Waals surface area contributed by atoms with Gasteiger partial charge in [-0.3, -0.25) is 4.79 Å². The topological polar surface area (TPSA) is 66.4 Å². The highest BCUT2D eigenvalue weighted by Crippen LogP contribution is 2.19. The molecule has 0 aliphatic rings. The Morgan fingerprint density at radius 2 is 1.39 bits per heavy atom. The van der Waals surface area contributed by atoms with Crippen LogP contribution >= 0.6 is 0 Å². The predicted octanol–water partition coefficient (Wildman–Crippen LogP) is 7.41. The Morgan fingerprint density at radius 1 is 0.806 bits per heavy atom. The van der Waals surface area contributed by atoms with Gasteiger partial charge in [0.05, 0.1) is 11.3 Å². The van der Waals surface area contributed by atoms with E-state index < -0.39 is 5.97 Å². The van der Waals surface area contributed by atoms with Gasteiger partial charge in [0, 0.05) is 5.56 Å². The maximum absolute atomic E-state index is 12.6. The van der Waals surface area contributed by atoms with Gasteiger partial charge in [0.2, 0.25) is 0 Å². The minimum absolute atomic E-state index is 0.0940. The summed E-state index contributed by atoms with van der Waals surface area (Å²) < 4.78 is 0. The molecule has 2 N–H and O–H groups in total. The predicted molar refractivity (Wildman–Crippen MR) is 128 cm³/mol. The maximum Gasteiger partial charge on any atom is 0.337 e. The smallest absolute Gasteiger partial charge is 0.337 e. The molecule has 2 rings (SSSR count). The van der Waals surface area contributed by atoms with Crippen LogP contribution in [0.5, 0.6) is 0 Å². The number of carbonyl (C=O) groups excluding carboxylic acids is 1. The van der Waals surface area contributed by atoms with Crippen molar-refractivity contribution in [3.8, 4) is 0 Å². The zero-order valence-corrected chi connectivity index (χ0v) is 19.1. The second-order valence-electron chi connectivity index (χ2n) is 8.44. The van der Waals surface area contributed by atoms with E-state index in [0.29, 0.717) is 11.3 Å². The highest BCUT2D eigenvalue weighted by Gasteiger charge is 2.13. The number of carbonyl (C=O) groups is 2. The van der Waals surface area contributed by atoms with E-state index in [2.05, 4.69) is 12.2 Å². The summed E-state index contributed by atoms with van der Waals surface area (Å²) in [6, 6.07) is 12.5. The number of nitrogens with one attached hydrogen (secondary N) is 1. The molecule has 1 amide bonds. The Balaban J connectivity index is 1.73. The average molecular weight is 424 g/mol. The van der Waals surface area contributed by atoms with Crippen molar-refractivity contribution in [2.45, 2.75) is 84.5 Å². The van der Waals surface area contributed by atoms with Gasteiger partial charge in [-0.15, -0.1) is 0 Å². The van der Waals surface area contributed by atoms with Crippen molar-refractivity contribution >= 4 is 17.6 Å². The molecule has 2 aromatic carbocycles. The highest BCUT2D eigenvalue weighted by atomic mass is 16.4. The second-order valence-corrected chi connectivity index (χ2v) is 8.44. The Kier molecular flexibility index (Phi) is 10.8. The van der Waals surface area contributed by atoms with Gasteiger partial charge >= 0.3 is 5.97 Å². The molecule has 0 saturated carbocycles. The molecule has 2 aromatic rings. The second kappa shape index (κ2) is 13.6. The normalized spacial score (nSPS) is 10.8. The third-order valence-corrected chi connectivity index (χ3v) is 5.69. The summed E-state index contributed by atoms with van der Waals surface area (Å²) in [6.45, 7) is 4.12. The maximum atomic E-state index is 12.6. The Labute approximate surface area is 187 Å². The molecule has 168 valence electrons. The molecular weight excluding hydrogens is 386 g/mol. The Morgan fingerprint density at radius 3 is 1.97 bits per heavy atom. The lowest BCUT2D eigenvalue weighted by molar-refractivity contribution is 0.0698. The van der Waals surface area contributed by atoms with Gasteiger partial charge in [-0.2, -0.15) is 0 Å². The number of hydrogen-bond acceptors (Lipinski definition) is 2. The van der Waals surface area contributed by atoms with Crippen LogP contribution in [-0.2, 0) is 6.42 Å². The molecule has 0 aliphatic heterocycles. The highest BCUT2D eigenvalue weighted by molar-refractivity contribution is 6.07. The van der Waals surface area contributed by atoms with E-state index >= 15 is 0 Å². The van der Waals surface area contributed by atoms with Gasteiger partial charge in [-0.05, 0) is 55.2 Å². The fraction of sp³-hybridized carbons (Fsp3) is 0.481. The van der Waals surface area contributed by atoms with Gasteiger partial charge in [-0.25, -0.2) is 4.79 Å². The first-order valence-corrected chi connectivity index (χ1v) is 11.8. The SMILES string of the molecule is CCCCCCCCCCCCc1ccc(C(=O)Nc2cc(C)ccc2C(=O)O)cc1. The molecule has 0 aliphatic carbocycles. The molecule has 4 nitrogen and oxygen atoms in total. The van der Waals surface area contributed by atoms with Crippen molar-refractivity contribution in [2.24, 2.45) is 0 Å². The third-order valence-electron chi connectivity index (χ3n) is 5.69. The van der Waals surface area contributed by atoms with Gasteiger partial charge in [0.1, 0.15) is 0 Å². The largest absolute Gasteiger partial charge is 0.478 e. The van der Waals surface area contributed by atoms with Gasteiger partial charge < -0.3 is 10.4 Å². The van der Waals surface area contributed by atoms with Gasteiger partial charge in [0.25, 0.3) is 5.91 Å². The summed E-state index contributed by atoms with van der Waals surface area (Å²) in [7, 11) is 0. The van der Waals surface area contributed by atoms with Crippen molar-refractivity contribution in [1.29, 1.82) is 0 Å². The number of unbranched alkanes of at least 4 members (excludes halogenated alkanes) is 9. The molecule has 0 bridgehead atoms. The molecule has 0 atom stereocenters. The lowest BCUT2D eigenvalue weighted by Crippen LogP contribution is -2.15. The number of rotatable bonds is 14. The van der Waals surface area contributed by atoms with Crippen LogP contribution in [0.15, 0.2) is 42.5 Å². The molecule has 0 spiro atoms. The van der Waals surface area contributed by atoms with E-state index in [4.69, 9.17) is 0 Å².